The Hall–Kier alpha value is -1.03. The van der Waals surface area contributed by atoms with Gasteiger partial charge in [0.25, 0.3) is 0 Å². The van der Waals surface area contributed by atoms with Crippen molar-refractivity contribution in [3.05, 3.63) is 28.7 Å². The summed E-state index contributed by atoms with van der Waals surface area (Å²) in [5.41, 5.74) is 0.938. The van der Waals surface area contributed by atoms with E-state index in [-0.39, 0.29) is 12.0 Å². The number of carbonyl (C=O) groups excluding carboxylic acids is 1. The zero-order chi connectivity index (χ0) is 14.8. The molecule has 0 heterocycles. The van der Waals surface area contributed by atoms with Crippen molar-refractivity contribution in [3.63, 3.8) is 0 Å². The van der Waals surface area contributed by atoms with Crippen molar-refractivity contribution in [3.8, 4) is 0 Å². The van der Waals surface area contributed by atoms with Crippen LogP contribution < -0.4 is 5.32 Å². The molecule has 0 aromatic heterocycles. The highest BCUT2D eigenvalue weighted by Crippen LogP contribution is 2.18. The molecule has 1 aromatic rings. The summed E-state index contributed by atoms with van der Waals surface area (Å²) in [6.45, 7) is 4.44. The molecule has 0 aliphatic carbocycles. The fourth-order valence-corrected chi connectivity index (χ4v) is 2.45. The second-order valence-electron chi connectivity index (χ2n) is 4.81. The molecular weight excluding hydrogens is 318 g/mol. The van der Waals surface area contributed by atoms with Crippen LogP contribution in [0.1, 0.15) is 46.0 Å². The number of anilines is 1. The molecule has 0 radical (unpaired) electrons. The molecule has 0 saturated carbocycles. The first-order valence-corrected chi connectivity index (χ1v) is 8.15. The summed E-state index contributed by atoms with van der Waals surface area (Å²) < 4.78 is 6.15. The smallest absolute Gasteiger partial charge is 0.328 e. The average molecular weight is 342 g/mol. The Kier molecular flexibility index (Phi) is 8.35. The minimum absolute atomic E-state index is 0.163. The van der Waals surface area contributed by atoms with E-state index in [4.69, 9.17) is 4.74 Å². The van der Waals surface area contributed by atoms with Gasteiger partial charge in [0.15, 0.2) is 0 Å². The third-order valence-corrected chi connectivity index (χ3v) is 3.58. The van der Waals surface area contributed by atoms with Crippen LogP contribution in [0.4, 0.5) is 5.69 Å². The van der Waals surface area contributed by atoms with Crippen LogP contribution in [0, 0.1) is 0 Å². The Balaban J connectivity index is 2.59. The van der Waals surface area contributed by atoms with Crippen LogP contribution in [0.15, 0.2) is 28.7 Å². The van der Waals surface area contributed by atoms with Gasteiger partial charge in [0, 0.05) is 10.2 Å². The molecule has 1 atom stereocenters. The van der Waals surface area contributed by atoms with Gasteiger partial charge in [-0.15, -0.1) is 0 Å². The Morgan fingerprint density at radius 1 is 1.30 bits per heavy atom. The first-order chi connectivity index (χ1) is 9.67. The predicted octanol–water partition coefficient (Wildman–Crippen LogP) is 4.76. The van der Waals surface area contributed by atoms with E-state index in [1.807, 2.05) is 31.2 Å². The molecule has 4 heteroatoms. The molecule has 3 nitrogen and oxygen atoms in total. The molecule has 0 fully saturated rings. The Morgan fingerprint density at radius 2 is 2.10 bits per heavy atom. The Labute approximate surface area is 130 Å². The van der Waals surface area contributed by atoms with Crippen molar-refractivity contribution >= 4 is 27.6 Å². The van der Waals surface area contributed by atoms with Crippen molar-refractivity contribution < 1.29 is 9.53 Å². The van der Waals surface area contributed by atoms with Gasteiger partial charge >= 0.3 is 5.97 Å². The number of unbranched alkanes of at least 4 members (excludes halogenated alkanes) is 3. The van der Waals surface area contributed by atoms with E-state index in [9.17, 15) is 4.79 Å². The van der Waals surface area contributed by atoms with Crippen LogP contribution in [0.2, 0.25) is 0 Å². The lowest BCUT2D eigenvalue weighted by molar-refractivity contribution is -0.144. The third-order valence-electron chi connectivity index (χ3n) is 3.08. The zero-order valence-electron chi connectivity index (χ0n) is 12.3. The van der Waals surface area contributed by atoms with E-state index >= 15 is 0 Å². The normalized spacial score (nSPS) is 11.9. The molecule has 1 aromatic carbocycles. The van der Waals surface area contributed by atoms with Gasteiger partial charge in [-0.1, -0.05) is 54.6 Å². The van der Waals surface area contributed by atoms with E-state index in [1.54, 1.807) is 0 Å². The lowest BCUT2D eigenvalue weighted by Crippen LogP contribution is -2.31. The molecule has 20 heavy (non-hydrogen) atoms. The maximum atomic E-state index is 12.0. The summed E-state index contributed by atoms with van der Waals surface area (Å²) >= 11 is 3.44. The monoisotopic (exact) mass is 341 g/mol. The number of hydrogen-bond acceptors (Lipinski definition) is 3. The van der Waals surface area contributed by atoms with Crippen molar-refractivity contribution in [2.24, 2.45) is 0 Å². The van der Waals surface area contributed by atoms with Crippen LogP contribution in [-0.4, -0.2) is 18.6 Å². The highest BCUT2D eigenvalue weighted by atomic mass is 79.9. The first kappa shape index (κ1) is 17.0. The zero-order valence-corrected chi connectivity index (χ0v) is 13.9. The van der Waals surface area contributed by atoms with Gasteiger partial charge < -0.3 is 10.1 Å². The standard InChI is InChI=1S/C16H24BrNO2/c1-3-5-6-7-11-15(16(19)20-4-2)18-14-10-8-9-13(17)12-14/h8-10,12,15,18H,3-7,11H2,1-2H3. The fourth-order valence-electron chi connectivity index (χ4n) is 2.05. The van der Waals surface area contributed by atoms with Gasteiger partial charge in [-0.05, 0) is 31.5 Å². The Bertz CT molecular complexity index is 409. The number of halogens is 1. The summed E-state index contributed by atoms with van der Waals surface area (Å²) in [5.74, 6) is -0.163. The van der Waals surface area contributed by atoms with E-state index < -0.39 is 0 Å². The van der Waals surface area contributed by atoms with Crippen molar-refractivity contribution in [2.45, 2.75) is 52.0 Å². The molecule has 1 rings (SSSR count). The Morgan fingerprint density at radius 3 is 2.75 bits per heavy atom. The summed E-state index contributed by atoms with van der Waals surface area (Å²) in [6, 6.07) is 7.58. The second-order valence-corrected chi connectivity index (χ2v) is 5.72. The number of nitrogens with one attached hydrogen (secondary N) is 1. The van der Waals surface area contributed by atoms with Gasteiger partial charge in [-0.3, -0.25) is 0 Å². The molecule has 1 N–H and O–H groups in total. The topological polar surface area (TPSA) is 38.3 Å². The highest BCUT2D eigenvalue weighted by molar-refractivity contribution is 9.10. The molecule has 0 spiro atoms. The minimum atomic E-state index is -0.263. The molecule has 0 saturated heterocycles. The largest absolute Gasteiger partial charge is 0.464 e. The number of benzene rings is 1. The van der Waals surface area contributed by atoms with E-state index in [2.05, 4.69) is 28.2 Å². The number of hydrogen-bond donors (Lipinski definition) is 1. The summed E-state index contributed by atoms with van der Waals surface area (Å²) in [4.78, 5) is 12.0. The molecule has 1 unspecified atom stereocenters. The van der Waals surface area contributed by atoms with Crippen LogP contribution in [0.25, 0.3) is 0 Å². The van der Waals surface area contributed by atoms with E-state index in [0.29, 0.717) is 6.61 Å². The van der Waals surface area contributed by atoms with E-state index in [1.165, 1.54) is 12.8 Å². The SMILES string of the molecule is CCCCCCC(Nc1cccc(Br)c1)C(=O)OCC. The van der Waals surface area contributed by atoms with Gasteiger partial charge in [-0.25, -0.2) is 4.79 Å². The highest BCUT2D eigenvalue weighted by Gasteiger charge is 2.19. The summed E-state index contributed by atoms with van der Waals surface area (Å²) in [7, 11) is 0. The minimum Gasteiger partial charge on any atom is -0.464 e. The lowest BCUT2D eigenvalue weighted by atomic mass is 10.1. The van der Waals surface area contributed by atoms with Crippen LogP contribution >= 0.6 is 15.9 Å². The quantitative estimate of drug-likeness (QED) is 0.519. The van der Waals surface area contributed by atoms with Crippen LogP contribution in [0.5, 0.6) is 0 Å². The third kappa shape index (κ3) is 6.42. The van der Waals surface area contributed by atoms with Gasteiger partial charge in [-0.2, -0.15) is 0 Å². The first-order valence-electron chi connectivity index (χ1n) is 7.36. The second kappa shape index (κ2) is 9.81. The summed E-state index contributed by atoms with van der Waals surface area (Å²) in [5, 5.41) is 3.28. The van der Waals surface area contributed by atoms with Gasteiger partial charge in [0.05, 0.1) is 6.61 Å². The summed E-state index contributed by atoms with van der Waals surface area (Å²) in [6.07, 6.45) is 5.42. The molecule has 0 aliphatic rings. The number of rotatable bonds is 9. The van der Waals surface area contributed by atoms with Crippen molar-refractivity contribution in [1.82, 2.24) is 0 Å². The van der Waals surface area contributed by atoms with Crippen LogP contribution in [-0.2, 0) is 9.53 Å². The number of carbonyl (C=O) groups is 1. The molecule has 112 valence electrons. The predicted molar refractivity (Wildman–Crippen MR) is 86.9 cm³/mol. The van der Waals surface area contributed by atoms with Crippen molar-refractivity contribution in [1.29, 1.82) is 0 Å². The fraction of sp³-hybridized carbons (Fsp3) is 0.562. The van der Waals surface area contributed by atoms with Gasteiger partial charge in [0.2, 0.25) is 0 Å². The lowest BCUT2D eigenvalue weighted by Gasteiger charge is -2.18. The van der Waals surface area contributed by atoms with E-state index in [0.717, 1.165) is 29.4 Å². The molecule has 0 aliphatic heterocycles. The van der Waals surface area contributed by atoms with Crippen molar-refractivity contribution in [2.75, 3.05) is 11.9 Å². The van der Waals surface area contributed by atoms with Crippen LogP contribution in [0.3, 0.4) is 0 Å². The maximum absolute atomic E-state index is 12.0. The van der Waals surface area contributed by atoms with Gasteiger partial charge in [0.1, 0.15) is 6.04 Å². The molecule has 0 amide bonds. The number of esters is 1. The molecule has 0 bridgehead atoms. The maximum Gasteiger partial charge on any atom is 0.328 e. The number of ether oxygens (including phenoxy) is 1. The average Bonchev–Trinajstić information content (AvgIpc) is 2.42. The molecular formula is C16H24BrNO2.